The van der Waals surface area contributed by atoms with E-state index < -0.39 is 11.2 Å². The molecule has 0 bridgehead atoms. The van der Waals surface area contributed by atoms with Gasteiger partial charge in [-0.3, -0.25) is 5.32 Å². The first-order chi connectivity index (χ1) is 12.5. The third kappa shape index (κ3) is 3.55. The van der Waals surface area contributed by atoms with Gasteiger partial charge in [0.25, 0.3) is 0 Å². The van der Waals surface area contributed by atoms with Gasteiger partial charge < -0.3 is 5.32 Å². The molecule has 0 amide bonds. The minimum absolute atomic E-state index is 0.000535. The predicted molar refractivity (Wildman–Crippen MR) is 93.6 cm³/mol. The first kappa shape index (κ1) is 17.0. The number of hydrogen-bond donors (Lipinski definition) is 2. The molecule has 0 saturated heterocycles. The van der Waals surface area contributed by atoms with Gasteiger partial charge in [0, 0.05) is 11.4 Å². The molecule has 4 rings (SSSR count). The number of nitrogens with zero attached hydrogens (tertiary/aromatic N) is 4. The van der Waals surface area contributed by atoms with E-state index in [1.807, 2.05) is 24.3 Å². The normalized spacial score (nSPS) is 15.5. The van der Waals surface area contributed by atoms with Gasteiger partial charge in [-0.1, -0.05) is 36.3 Å². The number of nitrogens with one attached hydrogen (secondary N) is 2. The van der Waals surface area contributed by atoms with Crippen LogP contribution in [-0.2, 0) is 6.18 Å². The summed E-state index contributed by atoms with van der Waals surface area (Å²) in [6.07, 6.45) is -0.0104. The van der Waals surface area contributed by atoms with Gasteiger partial charge in [-0.2, -0.15) is 18.2 Å². The number of rotatable bonds is 4. The molecule has 2 aromatic heterocycles. The summed E-state index contributed by atoms with van der Waals surface area (Å²) in [5.41, 5.74) is 0.700. The Labute approximate surface area is 150 Å². The standard InChI is InChI=1S/C16H15F3N6S/c17-16(18,19)13-24-25-15(26-13)23-14-21-11-8-4-3-7-10(11)12(22-14)20-9-5-1-2-6-9/h3-4,7-9H,1-2,5-6H2,(H2,20,21,22,23,25). The molecule has 0 spiro atoms. The fourth-order valence-electron chi connectivity index (χ4n) is 2.99. The Balaban J connectivity index is 1.65. The lowest BCUT2D eigenvalue weighted by molar-refractivity contribution is -0.138. The third-order valence-corrected chi connectivity index (χ3v) is 5.07. The van der Waals surface area contributed by atoms with Crippen LogP contribution in [0.2, 0.25) is 0 Å². The molecule has 1 aliphatic rings. The lowest BCUT2D eigenvalue weighted by atomic mass is 10.2. The number of anilines is 3. The van der Waals surface area contributed by atoms with Crippen LogP contribution in [0.3, 0.4) is 0 Å². The van der Waals surface area contributed by atoms with Crippen molar-refractivity contribution in [3.05, 3.63) is 29.3 Å². The van der Waals surface area contributed by atoms with Crippen LogP contribution >= 0.6 is 11.3 Å². The molecule has 3 aromatic rings. The zero-order valence-corrected chi connectivity index (χ0v) is 14.4. The molecule has 26 heavy (non-hydrogen) atoms. The topological polar surface area (TPSA) is 75.6 Å². The highest BCUT2D eigenvalue weighted by Crippen LogP contribution is 2.34. The Bertz CT molecular complexity index is 920. The quantitative estimate of drug-likeness (QED) is 0.689. The first-order valence-corrected chi connectivity index (χ1v) is 9.02. The molecule has 0 radical (unpaired) electrons. The summed E-state index contributed by atoms with van der Waals surface area (Å²) in [4.78, 5) is 8.83. The van der Waals surface area contributed by atoms with Crippen LogP contribution in [0.25, 0.3) is 10.9 Å². The van der Waals surface area contributed by atoms with Crippen molar-refractivity contribution in [1.29, 1.82) is 0 Å². The Hall–Kier alpha value is -2.49. The molecule has 10 heteroatoms. The molecule has 1 fully saturated rings. The van der Waals surface area contributed by atoms with Crippen molar-refractivity contribution in [1.82, 2.24) is 20.2 Å². The fourth-order valence-corrected chi connectivity index (χ4v) is 3.59. The van der Waals surface area contributed by atoms with E-state index in [0.29, 0.717) is 28.7 Å². The van der Waals surface area contributed by atoms with Crippen LogP contribution in [0.4, 0.5) is 30.1 Å². The van der Waals surface area contributed by atoms with Gasteiger partial charge >= 0.3 is 6.18 Å². The highest BCUT2D eigenvalue weighted by atomic mass is 32.1. The summed E-state index contributed by atoms with van der Waals surface area (Å²) in [6.45, 7) is 0. The maximum atomic E-state index is 12.7. The molecule has 0 atom stereocenters. The molecule has 0 aliphatic heterocycles. The van der Waals surface area contributed by atoms with Crippen molar-refractivity contribution < 1.29 is 13.2 Å². The minimum atomic E-state index is -4.52. The smallest absolute Gasteiger partial charge is 0.367 e. The fraction of sp³-hybridized carbons (Fsp3) is 0.375. The van der Waals surface area contributed by atoms with Crippen LogP contribution < -0.4 is 10.6 Å². The third-order valence-electron chi connectivity index (χ3n) is 4.19. The highest BCUT2D eigenvalue weighted by molar-refractivity contribution is 7.15. The van der Waals surface area contributed by atoms with Crippen LogP contribution in [0, 0.1) is 0 Å². The zero-order valence-electron chi connectivity index (χ0n) is 13.5. The van der Waals surface area contributed by atoms with Crippen molar-refractivity contribution in [2.75, 3.05) is 10.6 Å². The Morgan fingerprint density at radius 1 is 1.04 bits per heavy atom. The van der Waals surface area contributed by atoms with Gasteiger partial charge in [-0.15, -0.1) is 10.2 Å². The van der Waals surface area contributed by atoms with Gasteiger partial charge in [-0.25, -0.2) is 4.98 Å². The van der Waals surface area contributed by atoms with E-state index in [9.17, 15) is 13.2 Å². The minimum Gasteiger partial charge on any atom is -0.367 e. The van der Waals surface area contributed by atoms with E-state index in [1.54, 1.807) is 0 Å². The summed E-state index contributed by atoms with van der Waals surface area (Å²) in [7, 11) is 0. The maximum Gasteiger partial charge on any atom is 0.445 e. The monoisotopic (exact) mass is 380 g/mol. The van der Waals surface area contributed by atoms with Crippen LogP contribution in [-0.4, -0.2) is 26.2 Å². The van der Waals surface area contributed by atoms with Crippen molar-refractivity contribution >= 4 is 39.1 Å². The second-order valence-corrected chi connectivity index (χ2v) is 7.05. The van der Waals surface area contributed by atoms with Crippen LogP contribution in [0.15, 0.2) is 24.3 Å². The van der Waals surface area contributed by atoms with Gasteiger partial charge in [-0.05, 0) is 25.0 Å². The molecule has 1 aliphatic carbocycles. The van der Waals surface area contributed by atoms with Gasteiger partial charge in [0.1, 0.15) is 5.82 Å². The Morgan fingerprint density at radius 2 is 1.81 bits per heavy atom. The molecule has 0 unspecified atom stereocenters. The summed E-state index contributed by atoms with van der Waals surface area (Å²) in [6, 6.07) is 7.86. The molecule has 2 heterocycles. The number of halogens is 3. The molecular formula is C16H15F3N6S. The van der Waals surface area contributed by atoms with Gasteiger partial charge in [0.05, 0.1) is 5.52 Å². The number of aromatic nitrogens is 4. The van der Waals surface area contributed by atoms with E-state index in [1.165, 1.54) is 12.8 Å². The summed E-state index contributed by atoms with van der Waals surface area (Å²) in [5.74, 6) is 0.861. The number of fused-ring (bicyclic) bond motifs is 1. The predicted octanol–water partition coefficient (Wildman–Crippen LogP) is 4.60. The molecule has 6 nitrogen and oxygen atoms in total. The largest absolute Gasteiger partial charge is 0.445 e. The molecule has 1 saturated carbocycles. The number of hydrogen-bond acceptors (Lipinski definition) is 7. The molecule has 136 valence electrons. The lowest BCUT2D eigenvalue weighted by Crippen LogP contribution is -2.16. The van der Waals surface area contributed by atoms with E-state index in [4.69, 9.17) is 0 Å². The van der Waals surface area contributed by atoms with Crippen LogP contribution in [0.5, 0.6) is 0 Å². The molecule has 2 N–H and O–H groups in total. The van der Waals surface area contributed by atoms with E-state index >= 15 is 0 Å². The number of para-hydroxylation sites is 1. The second-order valence-electron chi connectivity index (χ2n) is 6.07. The van der Waals surface area contributed by atoms with E-state index in [2.05, 4.69) is 30.8 Å². The zero-order chi connectivity index (χ0) is 18.1. The number of alkyl halides is 3. The maximum absolute atomic E-state index is 12.7. The second kappa shape index (κ2) is 6.67. The molecule has 1 aromatic carbocycles. The average molecular weight is 380 g/mol. The van der Waals surface area contributed by atoms with Crippen molar-refractivity contribution in [3.63, 3.8) is 0 Å². The van der Waals surface area contributed by atoms with Gasteiger partial charge in [0.15, 0.2) is 0 Å². The average Bonchev–Trinajstić information content (AvgIpc) is 3.26. The summed E-state index contributed by atoms with van der Waals surface area (Å²) in [5, 5.41) is 12.7. The van der Waals surface area contributed by atoms with Crippen molar-refractivity contribution in [2.45, 2.75) is 37.9 Å². The summed E-state index contributed by atoms with van der Waals surface area (Å²) >= 11 is 0.420. The van der Waals surface area contributed by atoms with Gasteiger partial charge in [0.2, 0.25) is 16.1 Å². The lowest BCUT2D eigenvalue weighted by Gasteiger charge is -2.15. The first-order valence-electron chi connectivity index (χ1n) is 8.20. The van der Waals surface area contributed by atoms with Crippen molar-refractivity contribution in [3.8, 4) is 0 Å². The van der Waals surface area contributed by atoms with Crippen molar-refractivity contribution in [2.24, 2.45) is 0 Å². The highest BCUT2D eigenvalue weighted by Gasteiger charge is 2.35. The van der Waals surface area contributed by atoms with E-state index in [-0.39, 0.29) is 11.1 Å². The van der Waals surface area contributed by atoms with Crippen LogP contribution in [0.1, 0.15) is 30.7 Å². The molecular weight excluding hydrogens is 365 g/mol. The Kier molecular flexibility index (Phi) is 4.35. The van der Waals surface area contributed by atoms with E-state index in [0.717, 1.165) is 18.2 Å². The Morgan fingerprint density at radius 3 is 2.54 bits per heavy atom. The number of benzene rings is 1. The summed E-state index contributed by atoms with van der Waals surface area (Å²) < 4.78 is 38.0. The SMILES string of the molecule is FC(F)(F)c1nnc(Nc2nc(NC3CCCC3)c3ccccc3n2)s1.